The lowest BCUT2D eigenvalue weighted by Crippen LogP contribution is -2.38. The quantitative estimate of drug-likeness (QED) is 0.876. The minimum atomic E-state index is -0.200. The Morgan fingerprint density at radius 3 is 2.65 bits per heavy atom. The van der Waals surface area contributed by atoms with Crippen molar-refractivity contribution in [2.24, 2.45) is 0 Å². The first-order valence-electron chi connectivity index (χ1n) is 5.75. The van der Waals surface area contributed by atoms with E-state index < -0.39 is 0 Å². The van der Waals surface area contributed by atoms with E-state index in [1.54, 1.807) is 18.3 Å². The van der Waals surface area contributed by atoms with E-state index in [9.17, 15) is 9.90 Å². The largest absolute Gasteiger partial charge is 0.393 e. The number of hydrogen-bond donors (Lipinski definition) is 2. The van der Waals surface area contributed by atoms with E-state index in [1.807, 2.05) is 0 Å². The molecular formula is C12H15BrN2O2. The number of nitrogens with one attached hydrogen (secondary N) is 1. The highest BCUT2D eigenvalue weighted by molar-refractivity contribution is 9.10. The minimum Gasteiger partial charge on any atom is -0.393 e. The van der Waals surface area contributed by atoms with Gasteiger partial charge in [-0.25, -0.2) is 4.98 Å². The monoisotopic (exact) mass is 298 g/mol. The molecule has 0 aromatic carbocycles. The molecule has 17 heavy (non-hydrogen) atoms. The molecule has 0 aliphatic heterocycles. The van der Waals surface area contributed by atoms with Gasteiger partial charge in [0.25, 0.3) is 5.91 Å². The molecule has 5 heteroatoms. The Labute approximate surface area is 109 Å². The average molecular weight is 299 g/mol. The summed E-state index contributed by atoms with van der Waals surface area (Å²) in [6.07, 6.45) is 4.61. The van der Waals surface area contributed by atoms with Gasteiger partial charge in [0.15, 0.2) is 0 Å². The number of aliphatic hydroxyl groups is 1. The molecule has 1 amide bonds. The standard InChI is InChI=1S/C12H15BrN2O2/c13-8-1-6-11(14-7-8)12(17)15-9-2-4-10(16)5-3-9/h1,6-7,9-10,16H,2-5H2,(H,15,17)/t9-,10-. The zero-order chi connectivity index (χ0) is 12.3. The second kappa shape index (κ2) is 5.60. The molecular weight excluding hydrogens is 284 g/mol. The number of hydrogen-bond acceptors (Lipinski definition) is 3. The molecule has 1 fully saturated rings. The van der Waals surface area contributed by atoms with Crippen LogP contribution in [0.3, 0.4) is 0 Å². The van der Waals surface area contributed by atoms with Crippen LogP contribution in [0.25, 0.3) is 0 Å². The maximum atomic E-state index is 11.9. The van der Waals surface area contributed by atoms with Gasteiger partial charge < -0.3 is 10.4 Å². The fourth-order valence-corrected chi connectivity index (χ4v) is 2.22. The fourth-order valence-electron chi connectivity index (χ4n) is 1.99. The van der Waals surface area contributed by atoms with Crippen LogP contribution in [-0.2, 0) is 0 Å². The number of nitrogens with zero attached hydrogens (tertiary/aromatic N) is 1. The smallest absolute Gasteiger partial charge is 0.270 e. The topological polar surface area (TPSA) is 62.2 Å². The lowest BCUT2D eigenvalue weighted by Gasteiger charge is -2.25. The number of carbonyl (C=O) groups is 1. The van der Waals surface area contributed by atoms with Crippen LogP contribution in [-0.4, -0.2) is 28.1 Å². The first-order chi connectivity index (χ1) is 8.15. The summed E-state index contributed by atoms with van der Waals surface area (Å²) < 4.78 is 0.856. The van der Waals surface area contributed by atoms with E-state index in [0.29, 0.717) is 5.69 Å². The summed E-state index contributed by atoms with van der Waals surface area (Å²) in [5.41, 5.74) is 0.430. The molecule has 1 heterocycles. The zero-order valence-electron chi connectivity index (χ0n) is 9.40. The fraction of sp³-hybridized carbons (Fsp3) is 0.500. The molecule has 4 nitrogen and oxygen atoms in total. The van der Waals surface area contributed by atoms with Gasteiger partial charge in [0, 0.05) is 16.7 Å². The molecule has 2 rings (SSSR count). The van der Waals surface area contributed by atoms with Gasteiger partial charge in [-0.3, -0.25) is 4.79 Å². The Balaban J connectivity index is 1.91. The van der Waals surface area contributed by atoms with Crippen LogP contribution in [0.15, 0.2) is 22.8 Å². The summed E-state index contributed by atoms with van der Waals surface area (Å²) in [6.45, 7) is 0. The Bertz CT molecular complexity index is 386. The minimum absolute atomic E-state index is 0.140. The third-order valence-corrected chi connectivity index (χ3v) is 3.46. The summed E-state index contributed by atoms with van der Waals surface area (Å²) in [4.78, 5) is 15.9. The molecule has 1 aliphatic carbocycles. The van der Waals surface area contributed by atoms with Crippen LogP contribution < -0.4 is 5.32 Å². The first kappa shape index (κ1) is 12.5. The average Bonchev–Trinajstić information content (AvgIpc) is 2.33. The molecule has 92 valence electrons. The van der Waals surface area contributed by atoms with Crippen molar-refractivity contribution in [3.05, 3.63) is 28.5 Å². The number of amides is 1. The third kappa shape index (κ3) is 3.51. The normalized spacial score (nSPS) is 24.4. The van der Waals surface area contributed by atoms with Crippen molar-refractivity contribution in [2.75, 3.05) is 0 Å². The highest BCUT2D eigenvalue weighted by Gasteiger charge is 2.21. The van der Waals surface area contributed by atoms with Gasteiger partial charge in [0.2, 0.25) is 0 Å². The van der Waals surface area contributed by atoms with Crippen molar-refractivity contribution < 1.29 is 9.90 Å². The van der Waals surface area contributed by atoms with Crippen LogP contribution in [0.2, 0.25) is 0 Å². The second-order valence-corrected chi connectivity index (χ2v) is 5.26. The van der Waals surface area contributed by atoms with Gasteiger partial charge in [-0.05, 0) is 53.7 Å². The van der Waals surface area contributed by atoms with E-state index >= 15 is 0 Å². The number of carbonyl (C=O) groups excluding carboxylic acids is 1. The van der Waals surface area contributed by atoms with E-state index in [4.69, 9.17) is 0 Å². The summed E-state index contributed by atoms with van der Waals surface area (Å²) in [5.74, 6) is -0.140. The van der Waals surface area contributed by atoms with Crippen LogP contribution in [0.4, 0.5) is 0 Å². The van der Waals surface area contributed by atoms with Crippen LogP contribution in [0.1, 0.15) is 36.2 Å². The lowest BCUT2D eigenvalue weighted by atomic mass is 9.93. The number of rotatable bonds is 2. The Kier molecular flexibility index (Phi) is 4.12. The summed E-state index contributed by atoms with van der Waals surface area (Å²) >= 11 is 3.28. The van der Waals surface area contributed by atoms with Gasteiger partial charge in [0.1, 0.15) is 5.69 Å². The summed E-state index contributed by atoms with van der Waals surface area (Å²) in [6, 6.07) is 3.65. The van der Waals surface area contributed by atoms with Crippen molar-refractivity contribution >= 4 is 21.8 Å². The molecule has 0 saturated heterocycles. The van der Waals surface area contributed by atoms with Gasteiger partial charge >= 0.3 is 0 Å². The number of aliphatic hydroxyl groups excluding tert-OH is 1. The molecule has 0 radical (unpaired) electrons. The van der Waals surface area contributed by atoms with Crippen LogP contribution in [0, 0.1) is 0 Å². The van der Waals surface area contributed by atoms with Gasteiger partial charge in [0.05, 0.1) is 6.10 Å². The predicted octanol–water partition coefficient (Wildman–Crippen LogP) is 1.88. The van der Waals surface area contributed by atoms with Crippen LogP contribution >= 0.6 is 15.9 Å². The molecule has 0 bridgehead atoms. The second-order valence-electron chi connectivity index (χ2n) is 4.34. The lowest BCUT2D eigenvalue weighted by molar-refractivity contribution is 0.0863. The summed E-state index contributed by atoms with van der Waals surface area (Å²) in [5, 5.41) is 12.3. The number of aromatic nitrogens is 1. The van der Waals surface area contributed by atoms with Gasteiger partial charge in [-0.2, -0.15) is 0 Å². The molecule has 2 N–H and O–H groups in total. The van der Waals surface area contributed by atoms with Crippen molar-refractivity contribution in [3.8, 4) is 0 Å². The molecule has 0 unspecified atom stereocenters. The Hall–Kier alpha value is -0.940. The predicted molar refractivity (Wildman–Crippen MR) is 67.7 cm³/mol. The highest BCUT2D eigenvalue weighted by Crippen LogP contribution is 2.18. The maximum absolute atomic E-state index is 11.9. The molecule has 1 aromatic heterocycles. The van der Waals surface area contributed by atoms with Crippen molar-refractivity contribution in [1.29, 1.82) is 0 Å². The van der Waals surface area contributed by atoms with E-state index in [0.717, 1.165) is 30.2 Å². The summed E-state index contributed by atoms with van der Waals surface area (Å²) in [7, 11) is 0. The molecule has 0 spiro atoms. The van der Waals surface area contributed by atoms with Gasteiger partial charge in [-0.15, -0.1) is 0 Å². The van der Waals surface area contributed by atoms with E-state index in [1.165, 1.54) is 0 Å². The maximum Gasteiger partial charge on any atom is 0.270 e. The first-order valence-corrected chi connectivity index (χ1v) is 6.55. The van der Waals surface area contributed by atoms with Crippen molar-refractivity contribution in [2.45, 2.75) is 37.8 Å². The molecule has 1 aliphatic rings. The zero-order valence-corrected chi connectivity index (χ0v) is 11.0. The molecule has 1 aromatic rings. The number of halogens is 1. The Morgan fingerprint density at radius 2 is 2.06 bits per heavy atom. The van der Waals surface area contributed by atoms with Gasteiger partial charge in [-0.1, -0.05) is 0 Å². The van der Waals surface area contributed by atoms with Crippen molar-refractivity contribution in [3.63, 3.8) is 0 Å². The van der Waals surface area contributed by atoms with E-state index in [-0.39, 0.29) is 18.1 Å². The van der Waals surface area contributed by atoms with Crippen LogP contribution in [0.5, 0.6) is 0 Å². The third-order valence-electron chi connectivity index (χ3n) is 2.99. The van der Waals surface area contributed by atoms with E-state index in [2.05, 4.69) is 26.2 Å². The van der Waals surface area contributed by atoms with Crippen molar-refractivity contribution in [1.82, 2.24) is 10.3 Å². The molecule has 1 saturated carbocycles. The molecule has 0 atom stereocenters. The SMILES string of the molecule is O=C(N[C@H]1CC[C@H](O)CC1)c1ccc(Br)cn1. The highest BCUT2D eigenvalue weighted by atomic mass is 79.9. The number of pyridine rings is 1. The Morgan fingerprint density at radius 1 is 1.35 bits per heavy atom.